The molecule has 5 nitrogen and oxygen atoms in total. The van der Waals surface area contributed by atoms with Gasteiger partial charge in [-0.05, 0) is 6.42 Å². The van der Waals surface area contributed by atoms with E-state index in [0.717, 1.165) is 17.7 Å². The van der Waals surface area contributed by atoms with Gasteiger partial charge in [0.25, 0.3) is 0 Å². The highest BCUT2D eigenvalue weighted by Gasteiger charge is 2.27. The highest BCUT2D eigenvalue weighted by molar-refractivity contribution is 5.75. The van der Waals surface area contributed by atoms with Gasteiger partial charge in [0.15, 0.2) is 0 Å². The van der Waals surface area contributed by atoms with Crippen LogP contribution in [0, 0.1) is 0 Å². The zero-order chi connectivity index (χ0) is 10.8. The maximum absolute atomic E-state index is 11.0. The van der Waals surface area contributed by atoms with Gasteiger partial charge in [-0.3, -0.25) is 9.89 Å². The molecule has 5 heteroatoms. The minimum absolute atomic E-state index is 0.477. The average Bonchev–Trinajstić information content (AvgIpc) is 2.63. The van der Waals surface area contributed by atoms with Gasteiger partial charge in [0.1, 0.15) is 5.92 Å². The number of nitrogens with zero attached hydrogens (tertiary/aromatic N) is 1. The predicted molar refractivity (Wildman–Crippen MR) is 52.6 cm³/mol. The molecule has 1 aliphatic heterocycles. The summed E-state index contributed by atoms with van der Waals surface area (Å²) in [5, 5.41) is 16.1. The van der Waals surface area contributed by atoms with E-state index in [4.69, 9.17) is 9.84 Å². The van der Waals surface area contributed by atoms with Crippen LogP contribution in [0.1, 0.15) is 36.2 Å². The summed E-state index contributed by atoms with van der Waals surface area (Å²) in [6.45, 7) is 3.01. The van der Waals surface area contributed by atoms with Crippen molar-refractivity contribution in [1.82, 2.24) is 10.2 Å². The lowest BCUT2D eigenvalue weighted by atomic mass is 9.97. The van der Waals surface area contributed by atoms with Crippen molar-refractivity contribution in [3.8, 4) is 0 Å². The highest BCUT2D eigenvalue weighted by Crippen LogP contribution is 2.26. The number of rotatable bonds is 3. The summed E-state index contributed by atoms with van der Waals surface area (Å²) >= 11 is 0. The Kier molecular flexibility index (Phi) is 2.73. The molecule has 1 atom stereocenters. The molecule has 0 aromatic carbocycles. The molecule has 0 bridgehead atoms. The Hall–Kier alpha value is -1.36. The Morgan fingerprint density at radius 2 is 2.53 bits per heavy atom. The lowest BCUT2D eigenvalue weighted by Gasteiger charge is -2.14. The van der Waals surface area contributed by atoms with Crippen LogP contribution in [0.3, 0.4) is 0 Å². The van der Waals surface area contributed by atoms with Gasteiger partial charge >= 0.3 is 5.97 Å². The summed E-state index contributed by atoms with van der Waals surface area (Å²) in [5.41, 5.74) is 2.60. The average molecular weight is 210 g/mol. The van der Waals surface area contributed by atoms with E-state index in [9.17, 15) is 4.79 Å². The largest absolute Gasteiger partial charge is 0.481 e. The Morgan fingerprint density at radius 3 is 3.20 bits per heavy atom. The number of nitrogens with one attached hydrogen (secondary N) is 1. The number of carboxylic acids is 1. The van der Waals surface area contributed by atoms with E-state index >= 15 is 0 Å². The third kappa shape index (κ3) is 1.74. The zero-order valence-corrected chi connectivity index (χ0v) is 8.62. The molecule has 0 fully saturated rings. The molecule has 15 heavy (non-hydrogen) atoms. The van der Waals surface area contributed by atoms with Crippen molar-refractivity contribution in [2.24, 2.45) is 0 Å². The number of carboxylic acid groups (broad SMARTS) is 1. The first-order valence-corrected chi connectivity index (χ1v) is 5.10. The molecule has 0 saturated carbocycles. The number of fused-ring (bicyclic) bond motifs is 1. The highest BCUT2D eigenvalue weighted by atomic mass is 16.5. The molecule has 1 unspecified atom stereocenters. The molecule has 0 amide bonds. The Morgan fingerprint density at radius 1 is 1.73 bits per heavy atom. The van der Waals surface area contributed by atoms with E-state index in [1.807, 2.05) is 6.92 Å². The van der Waals surface area contributed by atoms with Crippen LogP contribution in [0.5, 0.6) is 0 Å². The van der Waals surface area contributed by atoms with Crippen LogP contribution in [-0.2, 0) is 22.6 Å². The second-order valence-electron chi connectivity index (χ2n) is 3.67. The second kappa shape index (κ2) is 4.02. The van der Waals surface area contributed by atoms with Crippen molar-refractivity contribution in [3.05, 3.63) is 17.0 Å². The molecule has 1 aromatic heterocycles. The normalized spacial score (nSPS) is 17.1. The molecule has 2 rings (SSSR count). The van der Waals surface area contributed by atoms with Gasteiger partial charge in [0.05, 0.1) is 18.9 Å². The van der Waals surface area contributed by atoms with E-state index in [-0.39, 0.29) is 0 Å². The van der Waals surface area contributed by atoms with Crippen LogP contribution in [0.4, 0.5) is 0 Å². The molecule has 1 aromatic rings. The fourth-order valence-corrected chi connectivity index (χ4v) is 1.91. The van der Waals surface area contributed by atoms with E-state index < -0.39 is 11.9 Å². The monoisotopic (exact) mass is 210 g/mol. The maximum Gasteiger partial charge on any atom is 0.312 e. The molecule has 82 valence electrons. The van der Waals surface area contributed by atoms with Crippen molar-refractivity contribution < 1.29 is 14.6 Å². The van der Waals surface area contributed by atoms with Gasteiger partial charge in [-0.2, -0.15) is 5.10 Å². The van der Waals surface area contributed by atoms with Gasteiger partial charge in [-0.25, -0.2) is 0 Å². The summed E-state index contributed by atoms with van der Waals surface area (Å²) in [6.07, 6.45) is 1.34. The Balaban J connectivity index is 2.35. The number of H-pyrrole nitrogens is 1. The molecule has 2 heterocycles. The van der Waals surface area contributed by atoms with E-state index in [0.29, 0.717) is 25.3 Å². The molecule has 0 radical (unpaired) electrons. The van der Waals surface area contributed by atoms with E-state index in [1.165, 1.54) is 0 Å². The van der Waals surface area contributed by atoms with Gasteiger partial charge in [0.2, 0.25) is 0 Å². The van der Waals surface area contributed by atoms with Crippen LogP contribution in [0.15, 0.2) is 0 Å². The van der Waals surface area contributed by atoms with Crippen molar-refractivity contribution in [2.45, 2.75) is 32.3 Å². The smallest absolute Gasteiger partial charge is 0.312 e. The number of hydrogen-bond donors (Lipinski definition) is 2. The Bertz CT molecular complexity index is 373. The lowest BCUT2D eigenvalue weighted by Crippen LogP contribution is -2.15. The molecule has 2 N–H and O–H groups in total. The Labute approximate surface area is 87.4 Å². The molecule has 1 aliphatic rings. The summed E-state index contributed by atoms with van der Waals surface area (Å²) in [4.78, 5) is 11.0. The van der Waals surface area contributed by atoms with Crippen LogP contribution >= 0.6 is 0 Å². The molecular weight excluding hydrogens is 196 g/mol. The van der Waals surface area contributed by atoms with Crippen LogP contribution < -0.4 is 0 Å². The predicted octanol–water partition coefficient (Wildman–Crippen LogP) is 1.06. The van der Waals surface area contributed by atoms with E-state index in [2.05, 4.69) is 10.2 Å². The first-order chi connectivity index (χ1) is 7.24. The van der Waals surface area contributed by atoms with Gasteiger partial charge in [-0.15, -0.1) is 0 Å². The van der Waals surface area contributed by atoms with E-state index in [1.54, 1.807) is 0 Å². The minimum atomic E-state index is -0.822. The molecule has 0 aliphatic carbocycles. The summed E-state index contributed by atoms with van der Waals surface area (Å²) in [7, 11) is 0. The van der Waals surface area contributed by atoms with Gasteiger partial charge in [0, 0.05) is 17.7 Å². The summed E-state index contributed by atoms with van der Waals surface area (Å²) < 4.78 is 5.32. The summed E-state index contributed by atoms with van der Waals surface area (Å²) in [6, 6.07) is 0. The zero-order valence-electron chi connectivity index (χ0n) is 8.62. The third-order valence-corrected chi connectivity index (χ3v) is 2.76. The number of ether oxygens (including phenoxy) is 1. The van der Waals surface area contributed by atoms with Crippen LogP contribution in [-0.4, -0.2) is 27.9 Å². The van der Waals surface area contributed by atoms with Crippen molar-refractivity contribution >= 4 is 5.97 Å². The molecular formula is C10H14N2O3. The maximum atomic E-state index is 11.0. The SMILES string of the molecule is CCC(C(=O)O)c1n[nH]c2c1COCC2. The second-order valence-corrected chi connectivity index (χ2v) is 3.67. The quantitative estimate of drug-likeness (QED) is 0.782. The molecule has 0 saturated heterocycles. The van der Waals surface area contributed by atoms with Gasteiger partial charge in [-0.1, -0.05) is 6.92 Å². The first kappa shape index (κ1) is 10.2. The van der Waals surface area contributed by atoms with Crippen LogP contribution in [0.25, 0.3) is 0 Å². The first-order valence-electron chi connectivity index (χ1n) is 5.10. The number of aromatic amines is 1. The van der Waals surface area contributed by atoms with Crippen molar-refractivity contribution in [2.75, 3.05) is 6.61 Å². The standard InChI is InChI=1S/C10H14N2O3/c1-2-6(10(13)14)9-7-5-15-4-3-8(7)11-12-9/h6H,2-5H2,1H3,(H,11,12)(H,13,14). The fraction of sp³-hybridized carbons (Fsp3) is 0.600. The number of hydrogen-bond acceptors (Lipinski definition) is 3. The summed E-state index contributed by atoms with van der Waals surface area (Å²) in [5.74, 6) is -1.34. The van der Waals surface area contributed by atoms with Crippen molar-refractivity contribution in [3.63, 3.8) is 0 Å². The molecule has 0 spiro atoms. The van der Waals surface area contributed by atoms with Gasteiger partial charge < -0.3 is 9.84 Å². The number of aliphatic carboxylic acids is 1. The van der Waals surface area contributed by atoms with Crippen LogP contribution in [0.2, 0.25) is 0 Å². The number of carbonyl (C=O) groups is 1. The topological polar surface area (TPSA) is 75.2 Å². The fourth-order valence-electron chi connectivity index (χ4n) is 1.91. The number of aromatic nitrogens is 2. The van der Waals surface area contributed by atoms with Crippen molar-refractivity contribution in [1.29, 1.82) is 0 Å². The minimum Gasteiger partial charge on any atom is -0.481 e. The third-order valence-electron chi connectivity index (χ3n) is 2.76. The lowest BCUT2D eigenvalue weighted by molar-refractivity contribution is -0.139.